The van der Waals surface area contributed by atoms with Crippen LogP contribution in [-0.4, -0.2) is 28.9 Å². The standard InChI is InChI=1S/C22H23BrN2O/c23-19-7-3-1-5-16(19)9-10-22(26)25-13-11-17(12-14-25)21-15-18-6-2-4-8-20(18)24-21/h1-8,15,17,24H,9-14H2. The fourth-order valence-electron chi connectivity index (χ4n) is 3.86. The van der Waals surface area contributed by atoms with Crippen molar-refractivity contribution in [3.05, 3.63) is 70.3 Å². The van der Waals surface area contributed by atoms with Gasteiger partial charge in [0.25, 0.3) is 0 Å². The molecule has 1 aliphatic heterocycles. The SMILES string of the molecule is O=C(CCc1ccccc1Br)N1CCC(c2cc3ccccc3[nH]2)CC1. The molecule has 0 saturated carbocycles. The largest absolute Gasteiger partial charge is 0.358 e. The van der Waals surface area contributed by atoms with E-state index in [0.29, 0.717) is 12.3 Å². The minimum absolute atomic E-state index is 0.274. The van der Waals surface area contributed by atoms with Crippen LogP contribution < -0.4 is 0 Å². The van der Waals surface area contributed by atoms with Gasteiger partial charge in [-0.3, -0.25) is 4.79 Å². The molecule has 26 heavy (non-hydrogen) atoms. The summed E-state index contributed by atoms with van der Waals surface area (Å²) in [6.45, 7) is 1.71. The molecule has 1 aliphatic rings. The highest BCUT2D eigenvalue weighted by Gasteiger charge is 2.24. The number of aromatic amines is 1. The minimum Gasteiger partial charge on any atom is -0.358 e. The van der Waals surface area contributed by atoms with E-state index >= 15 is 0 Å². The number of nitrogens with zero attached hydrogens (tertiary/aromatic N) is 1. The van der Waals surface area contributed by atoms with Crippen molar-refractivity contribution >= 4 is 32.7 Å². The van der Waals surface area contributed by atoms with E-state index in [1.165, 1.54) is 22.2 Å². The zero-order valence-electron chi connectivity index (χ0n) is 14.7. The van der Waals surface area contributed by atoms with Crippen LogP contribution >= 0.6 is 15.9 Å². The third kappa shape index (κ3) is 3.70. The molecule has 0 spiro atoms. The summed E-state index contributed by atoms with van der Waals surface area (Å²) in [5.74, 6) is 0.797. The summed E-state index contributed by atoms with van der Waals surface area (Å²) in [5, 5.41) is 1.27. The lowest BCUT2D eigenvalue weighted by molar-refractivity contribution is -0.132. The maximum atomic E-state index is 12.6. The number of piperidine rings is 1. The fourth-order valence-corrected chi connectivity index (χ4v) is 4.34. The van der Waals surface area contributed by atoms with E-state index in [9.17, 15) is 4.79 Å². The lowest BCUT2D eigenvalue weighted by Crippen LogP contribution is -2.38. The molecule has 1 fully saturated rings. The van der Waals surface area contributed by atoms with Gasteiger partial charge < -0.3 is 9.88 Å². The van der Waals surface area contributed by atoms with Gasteiger partial charge in [0.2, 0.25) is 5.91 Å². The Kier molecular flexibility index (Phi) is 5.11. The second-order valence-corrected chi connectivity index (χ2v) is 7.91. The first-order valence-electron chi connectivity index (χ1n) is 9.29. The number of rotatable bonds is 4. The smallest absolute Gasteiger partial charge is 0.222 e. The van der Waals surface area contributed by atoms with E-state index in [-0.39, 0.29) is 5.91 Å². The molecule has 1 aromatic heterocycles. The van der Waals surface area contributed by atoms with Crippen LogP contribution in [0.25, 0.3) is 10.9 Å². The van der Waals surface area contributed by atoms with Crippen LogP contribution in [0.3, 0.4) is 0 Å². The van der Waals surface area contributed by atoms with Crippen molar-refractivity contribution < 1.29 is 4.79 Å². The van der Waals surface area contributed by atoms with Gasteiger partial charge in [-0.2, -0.15) is 0 Å². The molecular weight excluding hydrogens is 388 g/mol. The summed E-state index contributed by atoms with van der Waals surface area (Å²) in [6.07, 6.45) is 3.45. The predicted molar refractivity (Wildman–Crippen MR) is 109 cm³/mol. The number of carbonyl (C=O) groups excluding carboxylic acids is 1. The number of amides is 1. The van der Waals surface area contributed by atoms with Crippen LogP contribution in [0.4, 0.5) is 0 Å². The molecule has 1 amide bonds. The molecule has 0 aliphatic carbocycles. The van der Waals surface area contributed by atoms with Crippen molar-refractivity contribution in [2.75, 3.05) is 13.1 Å². The monoisotopic (exact) mass is 410 g/mol. The Morgan fingerprint density at radius 1 is 1.08 bits per heavy atom. The van der Waals surface area contributed by atoms with Gasteiger partial charge in [0.05, 0.1) is 0 Å². The first kappa shape index (κ1) is 17.3. The second-order valence-electron chi connectivity index (χ2n) is 7.06. The summed E-state index contributed by atoms with van der Waals surface area (Å²) in [6, 6.07) is 18.8. The zero-order chi connectivity index (χ0) is 17.9. The summed E-state index contributed by atoms with van der Waals surface area (Å²) in [7, 11) is 0. The Bertz CT molecular complexity index is 876. The van der Waals surface area contributed by atoms with Crippen molar-refractivity contribution in [1.29, 1.82) is 0 Å². The first-order chi connectivity index (χ1) is 12.7. The number of benzene rings is 2. The van der Waals surface area contributed by atoms with Crippen molar-refractivity contribution in [3.63, 3.8) is 0 Å². The summed E-state index contributed by atoms with van der Waals surface area (Å²) in [4.78, 5) is 18.2. The van der Waals surface area contributed by atoms with Gasteiger partial charge in [-0.15, -0.1) is 0 Å². The van der Waals surface area contributed by atoms with E-state index in [1.54, 1.807) is 0 Å². The van der Waals surface area contributed by atoms with E-state index in [1.807, 2.05) is 23.1 Å². The van der Waals surface area contributed by atoms with E-state index in [2.05, 4.69) is 57.3 Å². The number of halogens is 1. The van der Waals surface area contributed by atoms with Crippen LogP contribution in [-0.2, 0) is 11.2 Å². The number of hydrogen-bond acceptors (Lipinski definition) is 1. The predicted octanol–water partition coefficient (Wildman–Crippen LogP) is 5.27. The van der Waals surface area contributed by atoms with Crippen LogP contribution in [0, 0.1) is 0 Å². The van der Waals surface area contributed by atoms with Crippen LogP contribution in [0.1, 0.15) is 36.4 Å². The number of para-hydroxylation sites is 1. The zero-order valence-corrected chi connectivity index (χ0v) is 16.3. The van der Waals surface area contributed by atoms with E-state index in [0.717, 1.165) is 36.8 Å². The van der Waals surface area contributed by atoms with Gasteiger partial charge in [0.15, 0.2) is 0 Å². The number of H-pyrrole nitrogens is 1. The second kappa shape index (κ2) is 7.67. The van der Waals surface area contributed by atoms with Gasteiger partial charge in [-0.1, -0.05) is 52.3 Å². The van der Waals surface area contributed by atoms with Crippen LogP contribution in [0.15, 0.2) is 59.1 Å². The molecule has 0 radical (unpaired) electrons. The molecule has 3 aromatic rings. The molecule has 2 aromatic carbocycles. The van der Waals surface area contributed by atoms with Gasteiger partial charge in [-0.25, -0.2) is 0 Å². The molecule has 4 heteroatoms. The van der Waals surface area contributed by atoms with Crippen molar-refractivity contribution in [3.8, 4) is 0 Å². The molecule has 1 N–H and O–H groups in total. The van der Waals surface area contributed by atoms with E-state index < -0.39 is 0 Å². The third-order valence-corrected chi connectivity index (χ3v) is 6.18. The third-order valence-electron chi connectivity index (χ3n) is 5.40. The van der Waals surface area contributed by atoms with Gasteiger partial charge in [0, 0.05) is 41.1 Å². The fraction of sp³-hybridized carbons (Fsp3) is 0.318. The molecule has 3 nitrogen and oxygen atoms in total. The Morgan fingerprint density at radius 3 is 2.58 bits per heavy atom. The molecule has 2 heterocycles. The average Bonchev–Trinajstić information content (AvgIpc) is 3.11. The number of nitrogens with one attached hydrogen (secondary N) is 1. The number of hydrogen-bond donors (Lipinski definition) is 1. The first-order valence-corrected chi connectivity index (χ1v) is 10.1. The molecule has 4 rings (SSSR count). The normalized spacial score (nSPS) is 15.5. The van der Waals surface area contributed by atoms with Crippen LogP contribution in [0.2, 0.25) is 0 Å². The van der Waals surface area contributed by atoms with Crippen molar-refractivity contribution in [2.45, 2.75) is 31.6 Å². The number of carbonyl (C=O) groups is 1. The molecule has 1 saturated heterocycles. The van der Waals surface area contributed by atoms with Crippen molar-refractivity contribution in [1.82, 2.24) is 9.88 Å². The molecular formula is C22H23BrN2O. The van der Waals surface area contributed by atoms with Crippen LogP contribution in [0.5, 0.6) is 0 Å². The van der Waals surface area contributed by atoms with Gasteiger partial charge in [-0.05, 0) is 48.4 Å². The molecule has 0 unspecified atom stereocenters. The highest BCUT2D eigenvalue weighted by Crippen LogP contribution is 2.30. The number of aryl methyl sites for hydroxylation is 1. The number of fused-ring (bicyclic) bond motifs is 1. The average molecular weight is 411 g/mol. The van der Waals surface area contributed by atoms with Gasteiger partial charge in [0.1, 0.15) is 0 Å². The van der Waals surface area contributed by atoms with Gasteiger partial charge >= 0.3 is 0 Å². The number of likely N-dealkylation sites (tertiary alicyclic amines) is 1. The highest BCUT2D eigenvalue weighted by atomic mass is 79.9. The quantitative estimate of drug-likeness (QED) is 0.624. The Labute approximate surface area is 162 Å². The molecule has 0 atom stereocenters. The Morgan fingerprint density at radius 2 is 1.81 bits per heavy atom. The van der Waals surface area contributed by atoms with E-state index in [4.69, 9.17) is 0 Å². The maximum Gasteiger partial charge on any atom is 0.222 e. The summed E-state index contributed by atoms with van der Waals surface area (Å²) < 4.78 is 1.09. The lowest BCUT2D eigenvalue weighted by Gasteiger charge is -2.31. The lowest BCUT2D eigenvalue weighted by atomic mass is 9.93. The summed E-state index contributed by atoms with van der Waals surface area (Å²) in [5.41, 5.74) is 3.72. The Hall–Kier alpha value is -2.07. The summed E-state index contributed by atoms with van der Waals surface area (Å²) >= 11 is 3.56. The number of aromatic nitrogens is 1. The molecule has 0 bridgehead atoms. The highest BCUT2D eigenvalue weighted by molar-refractivity contribution is 9.10. The molecule has 134 valence electrons. The Balaban J connectivity index is 1.33. The topological polar surface area (TPSA) is 36.1 Å². The minimum atomic E-state index is 0.274. The maximum absolute atomic E-state index is 12.6. The van der Waals surface area contributed by atoms with Crippen molar-refractivity contribution in [2.24, 2.45) is 0 Å².